The zero-order valence-corrected chi connectivity index (χ0v) is 19.7. The quantitative estimate of drug-likeness (QED) is 0.540. The van der Waals surface area contributed by atoms with Crippen molar-refractivity contribution >= 4 is 23.2 Å². The predicted octanol–water partition coefficient (Wildman–Crippen LogP) is 1.58. The number of halogens is 2. The zero-order chi connectivity index (χ0) is 25.2. The van der Waals surface area contributed by atoms with Crippen LogP contribution in [-0.4, -0.2) is 71.4 Å². The largest absolute Gasteiger partial charge is 0.389 e. The lowest BCUT2D eigenvalue weighted by Crippen LogP contribution is -2.63. The molecule has 0 saturated carbocycles. The Bertz CT molecular complexity index is 1140. The predicted molar refractivity (Wildman–Crippen MR) is 130 cm³/mol. The van der Waals surface area contributed by atoms with Crippen LogP contribution in [0.2, 0.25) is 0 Å². The summed E-state index contributed by atoms with van der Waals surface area (Å²) < 4.78 is 27.7. The van der Waals surface area contributed by atoms with Gasteiger partial charge < -0.3 is 15.7 Å². The summed E-state index contributed by atoms with van der Waals surface area (Å²) >= 11 is 0. The summed E-state index contributed by atoms with van der Waals surface area (Å²) in [5, 5.41) is 22.9. The Morgan fingerprint density at radius 3 is 2.69 bits per heavy atom. The third kappa shape index (κ3) is 5.30. The van der Waals surface area contributed by atoms with Crippen LogP contribution in [0.15, 0.2) is 53.6 Å². The maximum atomic E-state index is 13.9. The summed E-state index contributed by atoms with van der Waals surface area (Å²) in [6.07, 6.45) is 0.987. The molecule has 0 bridgehead atoms. The van der Waals surface area contributed by atoms with Gasteiger partial charge in [0.15, 0.2) is 0 Å². The molecule has 0 radical (unpaired) electrons. The average molecular weight is 498 g/mol. The van der Waals surface area contributed by atoms with E-state index < -0.39 is 29.7 Å². The van der Waals surface area contributed by atoms with E-state index in [9.17, 15) is 23.5 Å². The molecule has 2 amide bonds. The van der Waals surface area contributed by atoms with Gasteiger partial charge in [-0.1, -0.05) is 18.2 Å². The molecule has 3 N–H and O–H groups in total. The highest BCUT2D eigenvalue weighted by Crippen LogP contribution is 2.23. The molecule has 0 aromatic heterocycles. The number of carbonyl (C=O) groups excluding carboxylic acids is 2. The third-order valence-corrected chi connectivity index (χ3v) is 7.10. The van der Waals surface area contributed by atoms with E-state index in [1.165, 1.54) is 17.1 Å². The highest BCUT2D eigenvalue weighted by atomic mass is 19.1. The second kappa shape index (κ2) is 10.4. The molecule has 2 aromatic carbocycles. The number of aliphatic hydroxyl groups excluding tert-OH is 1. The number of hydrogen-bond acceptors (Lipinski definition) is 6. The molecule has 2 fully saturated rings. The van der Waals surface area contributed by atoms with Gasteiger partial charge in [0, 0.05) is 31.2 Å². The highest BCUT2D eigenvalue weighted by molar-refractivity contribution is 6.44. The molecular formula is C26H29F2N5O3. The molecule has 0 spiro atoms. The molecule has 10 heteroatoms. The Morgan fingerprint density at radius 1 is 1.19 bits per heavy atom. The number of nitrogens with one attached hydrogen (secondary N) is 2. The molecule has 36 heavy (non-hydrogen) atoms. The van der Waals surface area contributed by atoms with Gasteiger partial charge in [-0.25, -0.2) is 8.78 Å². The maximum Gasteiger partial charge on any atom is 0.268 e. The van der Waals surface area contributed by atoms with Crippen LogP contribution in [-0.2, 0) is 16.0 Å². The van der Waals surface area contributed by atoms with Gasteiger partial charge in [-0.05, 0) is 55.6 Å². The molecule has 3 heterocycles. The van der Waals surface area contributed by atoms with Crippen LogP contribution in [0, 0.1) is 11.6 Å². The summed E-state index contributed by atoms with van der Waals surface area (Å²) in [5.74, 6) is -2.41. The van der Waals surface area contributed by atoms with E-state index in [0.717, 1.165) is 32.0 Å². The van der Waals surface area contributed by atoms with Crippen LogP contribution in [0.25, 0.3) is 0 Å². The van der Waals surface area contributed by atoms with Crippen molar-refractivity contribution in [2.24, 2.45) is 5.10 Å². The number of piperazine rings is 1. The topological polar surface area (TPSA) is 97.3 Å². The average Bonchev–Trinajstić information content (AvgIpc) is 3.49. The molecule has 8 nitrogen and oxygen atoms in total. The second-order valence-electron chi connectivity index (χ2n) is 9.62. The Hall–Kier alpha value is -3.21. The number of para-hydroxylation sites is 1. The van der Waals surface area contributed by atoms with Crippen molar-refractivity contribution in [1.82, 2.24) is 15.5 Å². The van der Waals surface area contributed by atoms with Crippen molar-refractivity contribution < 1.29 is 23.5 Å². The summed E-state index contributed by atoms with van der Waals surface area (Å²) in [6, 6.07) is 11.2. The number of fused-ring (bicyclic) bond motifs is 1. The van der Waals surface area contributed by atoms with Crippen molar-refractivity contribution in [3.63, 3.8) is 0 Å². The molecule has 3 aliphatic rings. The lowest BCUT2D eigenvalue weighted by molar-refractivity contribution is -0.119. The van der Waals surface area contributed by atoms with Crippen LogP contribution in [0.5, 0.6) is 0 Å². The highest BCUT2D eigenvalue weighted by Gasteiger charge is 2.38. The second-order valence-corrected chi connectivity index (χ2v) is 9.62. The number of hydrogen-bond donors (Lipinski definition) is 3. The minimum Gasteiger partial charge on any atom is -0.389 e. The summed E-state index contributed by atoms with van der Waals surface area (Å²) in [7, 11) is 0. The smallest absolute Gasteiger partial charge is 0.268 e. The Kier molecular flexibility index (Phi) is 7.08. The number of anilines is 1. The molecule has 3 aliphatic heterocycles. The van der Waals surface area contributed by atoms with E-state index in [-0.39, 0.29) is 30.5 Å². The Labute approximate surface area is 208 Å². The first-order chi connectivity index (χ1) is 17.4. The minimum absolute atomic E-state index is 0.00677. The van der Waals surface area contributed by atoms with E-state index in [4.69, 9.17) is 0 Å². The van der Waals surface area contributed by atoms with Gasteiger partial charge in [-0.2, -0.15) is 10.1 Å². The molecule has 0 aliphatic carbocycles. The van der Waals surface area contributed by atoms with Gasteiger partial charge in [0.2, 0.25) is 0 Å². The van der Waals surface area contributed by atoms with Crippen LogP contribution in [0.4, 0.5) is 14.5 Å². The molecule has 2 saturated heterocycles. The van der Waals surface area contributed by atoms with Gasteiger partial charge in [0.25, 0.3) is 11.8 Å². The van der Waals surface area contributed by atoms with E-state index in [0.29, 0.717) is 23.8 Å². The van der Waals surface area contributed by atoms with Crippen molar-refractivity contribution in [1.29, 1.82) is 0 Å². The van der Waals surface area contributed by atoms with E-state index in [1.807, 2.05) is 6.07 Å². The summed E-state index contributed by atoms with van der Waals surface area (Å²) in [4.78, 5) is 28.0. The molecule has 190 valence electrons. The number of aliphatic hydroxyl groups is 1. The SMILES string of the molecule is O=C(N[C@@H](Cc1cc(F)cc(F)c1)[C@H](O)[C@H]1CN2CCC[C@H]2CN1)C1=NN(c2ccccc2)C(=O)C1. The fourth-order valence-corrected chi connectivity index (χ4v) is 5.30. The number of rotatable bonds is 7. The number of carbonyl (C=O) groups is 2. The Morgan fingerprint density at radius 2 is 1.94 bits per heavy atom. The van der Waals surface area contributed by atoms with Crippen molar-refractivity contribution in [3.05, 3.63) is 65.7 Å². The molecular weight excluding hydrogens is 468 g/mol. The van der Waals surface area contributed by atoms with Gasteiger partial charge >= 0.3 is 0 Å². The lowest BCUT2D eigenvalue weighted by atomic mass is 9.94. The van der Waals surface area contributed by atoms with Crippen molar-refractivity contribution in [3.8, 4) is 0 Å². The Balaban J connectivity index is 1.35. The molecule has 4 atom stereocenters. The first kappa shape index (κ1) is 24.5. The number of hydrazone groups is 1. The van der Waals surface area contributed by atoms with Gasteiger partial charge in [-0.15, -0.1) is 0 Å². The fourth-order valence-electron chi connectivity index (χ4n) is 5.30. The molecule has 2 aromatic rings. The number of benzene rings is 2. The van der Waals surface area contributed by atoms with E-state index in [2.05, 4.69) is 20.6 Å². The summed E-state index contributed by atoms with van der Waals surface area (Å²) in [5.41, 5.74) is 0.869. The van der Waals surface area contributed by atoms with E-state index >= 15 is 0 Å². The van der Waals surface area contributed by atoms with Crippen LogP contribution in [0.3, 0.4) is 0 Å². The van der Waals surface area contributed by atoms with Crippen LogP contribution < -0.4 is 15.6 Å². The monoisotopic (exact) mass is 497 g/mol. The number of nitrogens with zero attached hydrogens (tertiary/aromatic N) is 3. The first-order valence-corrected chi connectivity index (χ1v) is 12.2. The first-order valence-electron chi connectivity index (χ1n) is 12.2. The maximum absolute atomic E-state index is 13.9. The zero-order valence-electron chi connectivity index (χ0n) is 19.7. The lowest BCUT2D eigenvalue weighted by Gasteiger charge is -2.40. The van der Waals surface area contributed by atoms with E-state index in [1.54, 1.807) is 24.3 Å². The molecule has 0 unspecified atom stereocenters. The fraction of sp³-hybridized carbons (Fsp3) is 0.423. The van der Waals surface area contributed by atoms with Crippen molar-refractivity contribution in [2.75, 3.05) is 24.6 Å². The van der Waals surface area contributed by atoms with Gasteiger partial charge in [-0.3, -0.25) is 14.5 Å². The normalized spacial score (nSPS) is 23.8. The van der Waals surface area contributed by atoms with Crippen LogP contribution >= 0.6 is 0 Å². The third-order valence-electron chi connectivity index (χ3n) is 7.10. The molecule has 5 rings (SSSR count). The van der Waals surface area contributed by atoms with Gasteiger partial charge in [0.1, 0.15) is 17.3 Å². The number of amides is 2. The van der Waals surface area contributed by atoms with Crippen LogP contribution in [0.1, 0.15) is 24.8 Å². The minimum atomic E-state index is -1.04. The van der Waals surface area contributed by atoms with Crippen molar-refractivity contribution in [2.45, 2.75) is 49.9 Å². The standard InChI is InChI=1S/C26H29F2N5O3/c27-17-9-16(10-18(28)12-17)11-21(25(35)23-15-32-8-4-7-20(32)14-29-23)30-26(36)22-13-24(34)33(31-22)19-5-2-1-3-6-19/h1-3,5-6,9-10,12,20-21,23,25,29,35H,4,7-8,11,13-15H2,(H,30,36)/t20-,21-,23+,25-/m0/s1. The van der Waals surface area contributed by atoms with Gasteiger partial charge in [0.05, 0.1) is 24.3 Å². The summed E-state index contributed by atoms with van der Waals surface area (Å²) in [6.45, 7) is 2.29.